The molecule has 0 aromatic carbocycles. The van der Waals surface area contributed by atoms with Crippen molar-refractivity contribution in [3.63, 3.8) is 0 Å². The second-order valence-electron chi connectivity index (χ2n) is 5.09. The maximum Gasteiger partial charge on any atom is 0.317 e. The van der Waals surface area contributed by atoms with Crippen LogP contribution in [0.3, 0.4) is 0 Å². The molecule has 2 amide bonds. The van der Waals surface area contributed by atoms with Crippen molar-refractivity contribution in [3.8, 4) is 0 Å². The van der Waals surface area contributed by atoms with Gasteiger partial charge in [-0.2, -0.15) is 0 Å². The molecule has 1 N–H and O–H groups in total. The number of nitrogens with zero attached hydrogens (tertiary/aromatic N) is 2. The van der Waals surface area contributed by atoms with Crippen LogP contribution in [0.2, 0.25) is 0 Å². The molecule has 1 fully saturated rings. The number of hydrogen-bond acceptors (Lipinski definition) is 4. The van der Waals surface area contributed by atoms with E-state index >= 15 is 0 Å². The van der Waals surface area contributed by atoms with Crippen molar-refractivity contribution >= 4 is 6.03 Å². The van der Waals surface area contributed by atoms with Crippen molar-refractivity contribution in [3.05, 3.63) is 17.8 Å². The lowest BCUT2D eigenvalue weighted by Gasteiger charge is -2.39. The summed E-state index contributed by atoms with van der Waals surface area (Å²) in [6.45, 7) is 8.15. The molecule has 0 aliphatic carbocycles. The average Bonchev–Trinajstić information content (AvgIpc) is 2.81. The largest absolute Gasteiger partial charge is 0.448 e. The average molecular weight is 267 g/mol. The highest BCUT2D eigenvalue weighted by atomic mass is 16.5. The van der Waals surface area contributed by atoms with Crippen LogP contribution in [0.1, 0.15) is 31.7 Å². The van der Waals surface area contributed by atoms with Crippen LogP contribution in [0.4, 0.5) is 4.79 Å². The number of amides is 2. The molecule has 6 heteroatoms. The van der Waals surface area contributed by atoms with Gasteiger partial charge in [0, 0.05) is 6.54 Å². The summed E-state index contributed by atoms with van der Waals surface area (Å²) >= 11 is 0. The Morgan fingerprint density at radius 1 is 1.63 bits per heavy atom. The summed E-state index contributed by atoms with van der Waals surface area (Å²) in [6.07, 6.45) is 2.28. The molecular formula is C13H21N3O3. The van der Waals surface area contributed by atoms with E-state index in [0.29, 0.717) is 26.2 Å². The van der Waals surface area contributed by atoms with Gasteiger partial charge in [0.2, 0.25) is 0 Å². The first-order valence-corrected chi connectivity index (χ1v) is 6.60. The number of morpholine rings is 1. The van der Waals surface area contributed by atoms with Gasteiger partial charge in [-0.1, -0.05) is 6.92 Å². The summed E-state index contributed by atoms with van der Waals surface area (Å²) < 4.78 is 10.8. The van der Waals surface area contributed by atoms with Crippen molar-refractivity contribution in [2.24, 2.45) is 0 Å². The summed E-state index contributed by atoms with van der Waals surface area (Å²) in [5.74, 6) is 0.737. The second-order valence-corrected chi connectivity index (χ2v) is 5.09. The molecule has 6 nitrogen and oxygen atoms in total. The van der Waals surface area contributed by atoms with Crippen LogP contribution in [0.15, 0.2) is 10.8 Å². The molecule has 19 heavy (non-hydrogen) atoms. The predicted octanol–water partition coefficient (Wildman–Crippen LogP) is 1.69. The smallest absolute Gasteiger partial charge is 0.317 e. The minimum Gasteiger partial charge on any atom is -0.448 e. The van der Waals surface area contributed by atoms with Gasteiger partial charge >= 0.3 is 6.03 Å². The van der Waals surface area contributed by atoms with E-state index in [4.69, 9.17) is 9.15 Å². The van der Waals surface area contributed by atoms with Crippen LogP contribution >= 0.6 is 0 Å². The lowest BCUT2D eigenvalue weighted by molar-refractivity contribution is -0.0872. The summed E-state index contributed by atoms with van der Waals surface area (Å²) in [4.78, 5) is 18.0. The molecule has 1 aliphatic heterocycles. The molecule has 1 aliphatic rings. The Kier molecular flexibility index (Phi) is 4.09. The molecule has 0 saturated carbocycles. The van der Waals surface area contributed by atoms with Crippen molar-refractivity contribution in [1.29, 1.82) is 0 Å². The zero-order valence-corrected chi connectivity index (χ0v) is 11.7. The van der Waals surface area contributed by atoms with E-state index < -0.39 is 0 Å². The number of nitrogens with one attached hydrogen (secondary N) is 1. The van der Waals surface area contributed by atoms with Gasteiger partial charge in [0.1, 0.15) is 11.5 Å². The molecule has 1 saturated heterocycles. The molecule has 106 valence electrons. The third-order valence-corrected chi connectivity index (χ3v) is 3.62. The predicted molar refractivity (Wildman–Crippen MR) is 69.7 cm³/mol. The molecule has 0 bridgehead atoms. The van der Waals surface area contributed by atoms with E-state index in [0.717, 1.165) is 17.9 Å². The number of ether oxygens (including phenoxy) is 1. The monoisotopic (exact) mass is 267 g/mol. The number of hydrogen-bond donors (Lipinski definition) is 1. The lowest BCUT2D eigenvalue weighted by Crippen LogP contribution is -2.54. The quantitative estimate of drug-likeness (QED) is 0.905. The summed E-state index contributed by atoms with van der Waals surface area (Å²) in [5, 5.41) is 2.87. The number of aryl methyl sites for hydroxylation is 1. The van der Waals surface area contributed by atoms with Gasteiger partial charge in [0.05, 0.1) is 25.3 Å². The first-order chi connectivity index (χ1) is 9.04. The molecule has 1 atom stereocenters. The van der Waals surface area contributed by atoms with Crippen molar-refractivity contribution < 1.29 is 13.9 Å². The molecule has 1 unspecified atom stereocenters. The maximum absolute atomic E-state index is 12.1. The Balaban J connectivity index is 1.88. The van der Waals surface area contributed by atoms with Crippen LogP contribution in [-0.2, 0) is 11.3 Å². The highest BCUT2D eigenvalue weighted by Gasteiger charge is 2.32. The normalized spacial score (nSPS) is 23.4. The summed E-state index contributed by atoms with van der Waals surface area (Å²) in [6, 6.07) is -0.0784. The van der Waals surface area contributed by atoms with E-state index in [1.54, 1.807) is 4.90 Å². The minimum atomic E-state index is -0.237. The number of oxazole rings is 1. The Morgan fingerprint density at radius 3 is 3.05 bits per heavy atom. The van der Waals surface area contributed by atoms with Crippen LogP contribution in [0.5, 0.6) is 0 Å². The number of carbonyl (C=O) groups is 1. The number of carbonyl (C=O) groups excluding carboxylic acids is 1. The van der Waals surface area contributed by atoms with Crippen molar-refractivity contribution in [2.75, 3.05) is 19.7 Å². The van der Waals surface area contributed by atoms with E-state index in [-0.39, 0.29) is 11.6 Å². The molecule has 0 spiro atoms. The van der Waals surface area contributed by atoms with Gasteiger partial charge in [0.25, 0.3) is 0 Å². The molecule has 1 aromatic rings. The topological polar surface area (TPSA) is 67.6 Å². The highest BCUT2D eigenvalue weighted by molar-refractivity contribution is 5.74. The van der Waals surface area contributed by atoms with E-state index in [1.165, 1.54) is 6.39 Å². The second kappa shape index (κ2) is 5.61. The Bertz CT molecular complexity index is 446. The molecule has 0 radical (unpaired) electrons. The minimum absolute atomic E-state index is 0.0784. The fourth-order valence-corrected chi connectivity index (χ4v) is 2.09. The maximum atomic E-state index is 12.1. The van der Waals surface area contributed by atoms with Crippen molar-refractivity contribution in [2.45, 2.75) is 39.3 Å². The van der Waals surface area contributed by atoms with Gasteiger partial charge in [-0.25, -0.2) is 9.78 Å². The Morgan fingerprint density at radius 2 is 2.42 bits per heavy atom. The van der Waals surface area contributed by atoms with Gasteiger partial charge in [-0.05, 0) is 20.3 Å². The fraction of sp³-hybridized carbons (Fsp3) is 0.692. The van der Waals surface area contributed by atoms with Gasteiger partial charge in [-0.15, -0.1) is 0 Å². The van der Waals surface area contributed by atoms with Gasteiger partial charge < -0.3 is 19.4 Å². The van der Waals surface area contributed by atoms with Crippen LogP contribution in [0.25, 0.3) is 0 Å². The zero-order valence-electron chi connectivity index (χ0n) is 11.7. The van der Waals surface area contributed by atoms with Crippen LogP contribution in [-0.4, -0.2) is 41.2 Å². The fourth-order valence-electron chi connectivity index (χ4n) is 2.09. The SMILES string of the molecule is CCC1(C)CN(C(=O)NCc2ncoc2C)CCO1. The number of urea groups is 1. The van der Waals surface area contributed by atoms with Crippen LogP contribution < -0.4 is 5.32 Å². The van der Waals surface area contributed by atoms with Crippen LogP contribution in [0, 0.1) is 6.92 Å². The van der Waals surface area contributed by atoms with Gasteiger partial charge in [0.15, 0.2) is 6.39 Å². The standard InChI is InChI=1S/C13H21N3O3/c1-4-13(3)8-16(5-6-19-13)12(17)14-7-11-10(2)18-9-15-11/h9H,4-8H2,1-3H3,(H,14,17). The highest BCUT2D eigenvalue weighted by Crippen LogP contribution is 2.20. The molecular weight excluding hydrogens is 246 g/mol. The molecule has 1 aromatic heterocycles. The van der Waals surface area contributed by atoms with E-state index in [9.17, 15) is 4.79 Å². The lowest BCUT2D eigenvalue weighted by atomic mass is 10.0. The first kappa shape index (κ1) is 13.9. The van der Waals surface area contributed by atoms with Gasteiger partial charge in [-0.3, -0.25) is 0 Å². The Labute approximate surface area is 113 Å². The summed E-state index contributed by atoms with van der Waals surface area (Å²) in [7, 11) is 0. The first-order valence-electron chi connectivity index (χ1n) is 6.60. The number of aromatic nitrogens is 1. The third kappa shape index (κ3) is 3.26. The van der Waals surface area contributed by atoms with E-state index in [1.807, 2.05) is 13.8 Å². The Hall–Kier alpha value is -1.56. The number of rotatable bonds is 3. The van der Waals surface area contributed by atoms with E-state index in [2.05, 4.69) is 17.2 Å². The zero-order chi connectivity index (χ0) is 13.9. The molecule has 2 rings (SSSR count). The summed E-state index contributed by atoms with van der Waals surface area (Å²) in [5.41, 5.74) is 0.527. The third-order valence-electron chi connectivity index (χ3n) is 3.62. The molecule has 2 heterocycles. The van der Waals surface area contributed by atoms with Crippen molar-refractivity contribution in [1.82, 2.24) is 15.2 Å².